The van der Waals surface area contributed by atoms with Crippen LogP contribution in [0.1, 0.15) is 5.56 Å². The number of thiocarbonyl (C=S) groups is 1. The topological polar surface area (TPSA) is 42.5 Å². The maximum atomic E-state index is 12.5. The molecule has 0 saturated heterocycles. The number of anilines is 2. The Hall–Kier alpha value is -2.41. The van der Waals surface area contributed by atoms with Crippen molar-refractivity contribution in [1.82, 2.24) is 0 Å². The molecule has 2 aromatic carbocycles. The smallest absolute Gasteiger partial charge is 0.387 e. The van der Waals surface area contributed by atoms with Crippen molar-refractivity contribution < 1.29 is 18.3 Å². The number of hydrogen-bond acceptors (Lipinski definition) is 3. The summed E-state index contributed by atoms with van der Waals surface area (Å²) in [4.78, 5) is 0. The van der Waals surface area contributed by atoms with Crippen molar-refractivity contribution in [3.8, 4) is 11.5 Å². The molecule has 4 nitrogen and oxygen atoms in total. The maximum absolute atomic E-state index is 12.5. The number of nitrogens with one attached hydrogen (secondary N) is 2. The van der Waals surface area contributed by atoms with Crippen LogP contribution in [0.5, 0.6) is 11.5 Å². The molecule has 2 rings (SSSR count). The molecular formula is C16H16F2N2O2S. The molecule has 0 aliphatic heterocycles. The second kappa shape index (κ2) is 7.73. The van der Waals surface area contributed by atoms with Gasteiger partial charge in [0.05, 0.1) is 12.8 Å². The predicted octanol–water partition coefficient (Wildman–Crippen LogP) is 4.41. The number of halogens is 2. The number of benzene rings is 2. The molecule has 0 fully saturated rings. The van der Waals surface area contributed by atoms with E-state index in [1.54, 1.807) is 31.4 Å². The second-order valence-electron chi connectivity index (χ2n) is 4.69. The van der Waals surface area contributed by atoms with Gasteiger partial charge in [-0.2, -0.15) is 8.78 Å². The Bertz CT molecular complexity index is 696. The van der Waals surface area contributed by atoms with Crippen molar-refractivity contribution in [2.75, 3.05) is 17.7 Å². The molecule has 122 valence electrons. The van der Waals surface area contributed by atoms with Crippen LogP contribution in [0, 0.1) is 6.92 Å². The molecule has 2 N–H and O–H groups in total. The Labute approximate surface area is 138 Å². The third kappa shape index (κ3) is 5.07. The van der Waals surface area contributed by atoms with Crippen LogP contribution < -0.4 is 20.1 Å². The summed E-state index contributed by atoms with van der Waals surface area (Å²) in [5.41, 5.74) is 1.97. The molecule has 0 heterocycles. The number of rotatable bonds is 5. The molecule has 0 amide bonds. The Kier molecular flexibility index (Phi) is 5.70. The SMILES string of the molecule is COc1cccc(NC(=S)Nc2cc(C)ccc2OC(F)F)c1. The molecule has 0 aliphatic carbocycles. The van der Waals surface area contributed by atoms with Crippen molar-refractivity contribution >= 4 is 28.7 Å². The summed E-state index contributed by atoms with van der Waals surface area (Å²) in [6, 6.07) is 12.0. The van der Waals surface area contributed by atoms with E-state index in [1.165, 1.54) is 6.07 Å². The number of alkyl halides is 2. The van der Waals surface area contributed by atoms with Crippen LogP contribution in [0.15, 0.2) is 42.5 Å². The van der Waals surface area contributed by atoms with E-state index in [2.05, 4.69) is 15.4 Å². The lowest BCUT2D eigenvalue weighted by molar-refractivity contribution is -0.0493. The fraction of sp³-hybridized carbons (Fsp3) is 0.188. The quantitative estimate of drug-likeness (QED) is 0.790. The highest BCUT2D eigenvalue weighted by Gasteiger charge is 2.11. The monoisotopic (exact) mass is 338 g/mol. The highest BCUT2D eigenvalue weighted by atomic mass is 32.1. The summed E-state index contributed by atoms with van der Waals surface area (Å²) in [7, 11) is 1.57. The van der Waals surface area contributed by atoms with E-state index in [4.69, 9.17) is 17.0 Å². The fourth-order valence-electron chi connectivity index (χ4n) is 1.93. The van der Waals surface area contributed by atoms with Gasteiger partial charge in [-0.05, 0) is 49.0 Å². The van der Waals surface area contributed by atoms with Gasteiger partial charge in [-0.15, -0.1) is 0 Å². The number of hydrogen-bond donors (Lipinski definition) is 2. The Balaban J connectivity index is 2.11. The molecule has 0 unspecified atom stereocenters. The van der Waals surface area contributed by atoms with Crippen molar-refractivity contribution in [1.29, 1.82) is 0 Å². The zero-order chi connectivity index (χ0) is 16.8. The molecule has 0 aliphatic rings. The molecule has 7 heteroatoms. The number of aryl methyl sites for hydroxylation is 1. The first-order valence-electron chi connectivity index (χ1n) is 6.75. The van der Waals surface area contributed by atoms with E-state index in [9.17, 15) is 8.78 Å². The van der Waals surface area contributed by atoms with E-state index in [1.807, 2.05) is 19.1 Å². The van der Waals surface area contributed by atoms with Crippen LogP contribution in [0.25, 0.3) is 0 Å². The highest BCUT2D eigenvalue weighted by molar-refractivity contribution is 7.80. The normalized spacial score (nSPS) is 10.3. The lowest BCUT2D eigenvalue weighted by atomic mass is 10.2. The molecule has 0 atom stereocenters. The summed E-state index contributed by atoms with van der Waals surface area (Å²) in [6.07, 6.45) is 0. The minimum absolute atomic E-state index is 0.0281. The second-order valence-corrected chi connectivity index (χ2v) is 5.10. The van der Waals surface area contributed by atoms with E-state index in [0.29, 0.717) is 17.1 Å². The molecule has 2 aromatic rings. The minimum Gasteiger partial charge on any atom is -0.497 e. The van der Waals surface area contributed by atoms with Gasteiger partial charge in [0.1, 0.15) is 11.5 Å². The van der Waals surface area contributed by atoms with Gasteiger partial charge in [-0.1, -0.05) is 12.1 Å². The summed E-state index contributed by atoms with van der Waals surface area (Å²) in [6.45, 7) is -1.06. The number of methoxy groups -OCH3 is 1. The first-order chi connectivity index (χ1) is 11.0. The zero-order valence-electron chi connectivity index (χ0n) is 12.6. The summed E-state index contributed by atoms with van der Waals surface area (Å²) in [5.74, 6) is 0.704. The third-order valence-corrected chi connectivity index (χ3v) is 3.13. The summed E-state index contributed by atoms with van der Waals surface area (Å²) >= 11 is 5.21. The van der Waals surface area contributed by atoms with E-state index in [-0.39, 0.29) is 10.9 Å². The average molecular weight is 338 g/mol. The van der Waals surface area contributed by atoms with E-state index in [0.717, 1.165) is 5.56 Å². The molecule has 0 radical (unpaired) electrons. The van der Waals surface area contributed by atoms with Crippen LogP contribution in [0.4, 0.5) is 20.2 Å². The summed E-state index contributed by atoms with van der Waals surface area (Å²) in [5, 5.41) is 6.08. The van der Waals surface area contributed by atoms with Crippen LogP contribution in [-0.4, -0.2) is 18.8 Å². The highest BCUT2D eigenvalue weighted by Crippen LogP contribution is 2.27. The minimum atomic E-state index is -2.90. The lowest BCUT2D eigenvalue weighted by Gasteiger charge is -2.15. The molecule has 0 aromatic heterocycles. The third-order valence-electron chi connectivity index (χ3n) is 2.93. The van der Waals surface area contributed by atoms with E-state index >= 15 is 0 Å². The molecule has 0 saturated carbocycles. The Morgan fingerprint density at radius 2 is 1.91 bits per heavy atom. The Morgan fingerprint density at radius 1 is 1.13 bits per heavy atom. The van der Waals surface area contributed by atoms with Gasteiger partial charge in [0.25, 0.3) is 0 Å². The zero-order valence-corrected chi connectivity index (χ0v) is 13.4. The van der Waals surface area contributed by atoms with Gasteiger partial charge in [0, 0.05) is 11.8 Å². The number of ether oxygens (including phenoxy) is 2. The van der Waals surface area contributed by atoms with Gasteiger partial charge < -0.3 is 20.1 Å². The van der Waals surface area contributed by atoms with Crippen molar-refractivity contribution in [3.05, 3.63) is 48.0 Å². The van der Waals surface area contributed by atoms with Crippen molar-refractivity contribution in [2.45, 2.75) is 13.5 Å². The van der Waals surface area contributed by atoms with Gasteiger partial charge in [-0.3, -0.25) is 0 Å². The van der Waals surface area contributed by atoms with Crippen molar-refractivity contribution in [3.63, 3.8) is 0 Å². The van der Waals surface area contributed by atoms with Gasteiger partial charge in [0.15, 0.2) is 5.11 Å². The van der Waals surface area contributed by atoms with Gasteiger partial charge in [-0.25, -0.2) is 0 Å². The average Bonchev–Trinajstić information content (AvgIpc) is 2.49. The fourth-order valence-corrected chi connectivity index (χ4v) is 2.15. The first-order valence-corrected chi connectivity index (χ1v) is 7.16. The summed E-state index contributed by atoms with van der Waals surface area (Å²) < 4.78 is 34.5. The predicted molar refractivity (Wildman–Crippen MR) is 90.6 cm³/mol. The molecule has 23 heavy (non-hydrogen) atoms. The molecular weight excluding hydrogens is 322 g/mol. The van der Waals surface area contributed by atoms with Gasteiger partial charge >= 0.3 is 6.61 Å². The Morgan fingerprint density at radius 3 is 2.61 bits per heavy atom. The standard InChI is InChI=1S/C16H16F2N2O2S/c1-10-6-7-14(22-15(17)18)13(8-10)20-16(23)19-11-4-3-5-12(9-11)21-2/h3-9,15H,1-2H3,(H2,19,20,23). The largest absolute Gasteiger partial charge is 0.497 e. The molecule has 0 bridgehead atoms. The van der Waals surface area contributed by atoms with Crippen LogP contribution in [0.2, 0.25) is 0 Å². The van der Waals surface area contributed by atoms with Crippen molar-refractivity contribution in [2.24, 2.45) is 0 Å². The van der Waals surface area contributed by atoms with Crippen LogP contribution >= 0.6 is 12.2 Å². The maximum Gasteiger partial charge on any atom is 0.387 e. The lowest BCUT2D eigenvalue weighted by Crippen LogP contribution is -2.20. The van der Waals surface area contributed by atoms with Gasteiger partial charge in [0.2, 0.25) is 0 Å². The van der Waals surface area contributed by atoms with Crippen LogP contribution in [-0.2, 0) is 0 Å². The van der Waals surface area contributed by atoms with E-state index < -0.39 is 6.61 Å². The first kappa shape index (κ1) is 17.0. The van der Waals surface area contributed by atoms with Crippen LogP contribution in [0.3, 0.4) is 0 Å². The molecule has 0 spiro atoms.